The fourth-order valence-electron chi connectivity index (χ4n) is 1.14. The number of benzene rings is 1. The van der Waals surface area contributed by atoms with Gasteiger partial charge < -0.3 is 10.1 Å². The van der Waals surface area contributed by atoms with E-state index < -0.39 is 0 Å². The third-order valence-corrected chi connectivity index (χ3v) is 3.02. The van der Waals surface area contributed by atoms with Crippen LogP contribution < -0.4 is 0 Å². The molecule has 2 rings (SSSR count). The van der Waals surface area contributed by atoms with Gasteiger partial charge in [0.05, 0.1) is 5.02 Å². The number of halogens is 2. The zero-order valence-electron chi connectivity index (χ0n) is 5.94. The number of hydrogen-bond acceptors (Lipinski definition) is 1. The first-order chi connectivity index (χ1) is 5.70. The summed E-state index contributed by atoms with van der Waals surface area (Å²) in [6.07, 6.45) is 3.64. The Morgan fingerprint density at radius 3 is 2.75 bits per heavy atom. The van der Waals surface area contributed by atoms with E-state index in [0.717, 1.165) is 14.3 Å². The maximum atomic E-state index is 9.37. The molecule has 2 aromatic rings. The molecule has 0 radical (unpaired) electrons. The molecule has 1 aromatic heterocycles. The smallest absolute Gasteiger partial charge is 0.135 e. The first-order valence-electron chi connectivity index (χ1n) is 3.33. The van der Waals surface area contributed by atoms with Crippen LogP contribution in [0.3, 0.4) is 0 Å². The SMILES string of the molecule is Oc1cc(I)c2c[nH]cc2c1Cl. The van der Waals surface area contributed by atoms with Crippen LogP contribution in [0, 0.1) is 3.57 Å². The third kappa shape index (κ3) is 1.08. The van der Waals surface area contributed by atoms with Crippen molar-refractivity contribution in [2.45, 2.75) is 0 Å². The fraction of sp³-hybridized carbons (Fsp3) is 0. The molecular formula is C8H5ClINO. The van der Waals surface area contributed by atoms with Gasteiger partial charge in [-0.25, -0.2) is 0 Å². The highest BCUT2D eigenvalue weighted by Gasteiger charge is 2.08. The van der Waals surface area contributed by atoms with Crippen LogP contribution >= 0.6 is 34.2 Å². The Balaban J connectivity index is 2.97. The fourth-order valence-corrected chi connectivity index (χ4v) is 2.09. The molecule has 0 aliphatic rings. The number of aromatic hydroxyl groups is 1. The van der Waals surface area contributed by atoms with Crippen LogP contribution in [0.4, 0.5) is 0 Å². The summed E-state index contributed by atoms with van der Waals surface area (Å²) in [6, 6.07) is 1.65. The van der Waals surface area contributed by atoms with Crippen LogP contribution in [0.25, 0.3) is 10.8 Å². The average molecular weight is 293 g/mol. The molecule has 0 atom stereocenters. The number of hydrogen-bond donors (Lipinski definition) is 2. The van der Waals surface area contributed by atoms with Crippen LogP contribution in [0.15, 0.2) is 18.5 Å². The lowest BCUT2D eigenvalue weighted by Crippen LogP contribution is -1.75. The number of aromatic amines is 1. The van der Waals surface area contributed by atoms with Gasteiger partial charge in [0.2, 0.25) is 0 Å². The quantitative estimate of drug-likeness (QED) is 0.719. The number of nitrogens with one attached hydrogen (secondary N) is 1. The lowest BCUT2D eigenvalue weighted by atomic mass is 10.2. The van der Waals surface area contributed by atoms with Crippen LogP contribution in [0.5, 0.6) is 5.75 Å². The van der Waals surface area contributed by atoms with Crippen molar-refractivity contribution in [3.8, 4) is 5.75 Å². The number of phenols is 1. The van der Waals surface area contributed by atoms with Crippen molar-refractivity contribution in [1.82, 2.24) is 4.98 Å². The highest BCUT2D eigenvalue weighted by atomic mass is 127. The monoisotopic (exact) mass is 293 g/mol. The standard InChI is InChI=1S/C8H5ClINO/c9-8-5-3-11-2-4(5)6(10)1-7(8)12/h1-3,11-12H. The summed E-state index contributed by atoms with van der Waals surface area (Å²) in [7, 11) is 0. The Morgan fingerprint density at radius 2 is 2.00 bits per heavy atom. The summed E-state index contributed by atoms with van der Waals surface area (Å²) in [5.41, 5.74) is 0. The molecule has 4 heteroatoms. The third-order valence-electron chi connectivity index (χ3n) is 1.73. The molecule has 0 fully saturated rings. The Bertz CT molecular complexity index is 438. The molecule has 62 valence electrons. The number of H-pyrrole nitrogens is 1. The van der Waals surface area contributed by atoms with E-state index in [0.29, 0.717) is 5.02 Å². The number of phenolic OH excluding ortho intramolecular Hbond substituents is 1. The van der Waals surface area contributed by atoms with Crippen molar-refractivity contribution in [3.05, 3.63) is 27.1 Å². The molecule has 1 aromatic carbocycles. The summed E-state index contributed by atoms with van der Waals surface area (Å²) in [6.45, 7) is 0. The van der Waals surface area contributed by atoms with Crippen molar-refractivity contribution in [3.63, 3.8) is 0 Å². The molecule has 12 heavy (non-hydrogen) atoms. The summed E-state index contributed by atoms with van der Waals surface area (Å²) in [5.74, 6) is 0.133. The minimum absolute atomic E-state index is 0.133. The Morgan fingerprint density at radius 1 is 1.33 bits per heavy atom. The zero-order chi connectivity index (χ0) is 8.72. The summed E-state index contributed by atoms with van der Waals surface area (Å²) >= 11 is 8.02. The van der Waals surface area contributed by atoms with Gasteiger partial charge in [0, 0.05) is 26.7 Å². The van der Waals surface area contributed by atoms with Crippen molar-refractivity contribution in [1.29, 1.82) is 0 Å². The van der Waals surface area contributed by atoms with Crippen molar-refractivity contribution >= 4 is 45.0 Å². The lowest BCUT2D eigenvalue weighted by Gasteiger charge is -1.99. The van der Waals surface area contributed by atoms with Gasteiger partial charge in [-0.2, -0.15) is 0 Å². The van der Waals surface area contributed by atoms with E-state index in [-0.39, 0.29) is 5.75 Å². The second kappa shape index (κ2) is 2.81. The molecule has 2 N–H and O–H groups in total. The van der Waals surface area contributed by atoms with E-state index in [1.54, 1.807) is 12.3 Å². The number of fused-ring (bicyclic) bond motifs is 1. The van der Waals surface area contributed by atoms with Crippen LogP contribution in [0.2, 0.25) is 5.02 Å². The second-order valence-electron chi connectivity index (χ2n) is 2.47. The molecule has 0 spiro atoms. The van der Waals surface area contributed by atoms with Gasteiger partial charge in [0.15, 0.2) is 0 Å². The molecule has 0 aliphatic heterocycles. The van der Waals surface area contributed by atoms with Gasteiger partial charge in [-0.05, 0) is 28.7 Å². The predicted molar refractivity (Wildman–Crippen MR) is 57.7 cm³/mol. The topological polar surface area (TPSA) is 36.0 Å². The normalized spacial score (nSPS) is 10.8. The number of aromatic nitrogens is 1. The summed E-state index contributed by atoms with van der Waals surface area (Å²) in [5, 5.41) is 11.7. The minimum Gasteiger partial charge on any atom is -0.506 e. The van der Waals surface area contributed by atoms with Crippen LogP contribution in [-0.4, -0.2) is 10.1 Å². The maximum absolute atomic E-state index is 9.37. The Labute approximate surface area is 87.7 Å². The Kier molecular flexibility index (Phi) is 1.92. The molecule has 0 aliphatic carbocycles. The van der Waals surface area contributed by atoms with E-state index in [1.165, 1.54) is 0 Å². The van der Waals surface area contributed by atoms with E-state index in [9.17, 15) is 5.11 Å². The molecular weight excluding hydrogens is 288 g/mol. The van der Waals surface area contributed by atoms with Crippen LogP contribution in [0.1, 0.15) is 0 Å². The molecule has 0 saturated carbocycles. The molecule has 0 bridgehead atoms. The second-order valence-corrected chi connectivity index (χ2v) is 4.01. The predicted octanol–water partition coefficient (Wildman–Crippen LogP) is 3.13. The zero-order valence-corrected chi connectivity index (χ0v) is 8.85. The summed E-state index contributed by atoms with van der Waals surface area (Å²) in [4.78, 5) is 2.95. The van der Waals surface area contributed by atoms with Crippen molar-refractivity contribution in [2.24, 2.45) is 0 Å². The first-order valence-corrected chi connectivity index (χ1v) is 4.79. The minimum atomic E-state index is 0.133. The largest absolute Gasteiger partial charge is 0.506 e. The van der Waals surface area contributed by atoms with Crippen molar-refractivity contribution in [2.75, 3.05) is 0 Å². The van der Waals surface area contributed by atoms with E-state index >= 15 is 0 Å². The van der Waals surface area contributed by atoms with E-state index in [1.807, 2.05) is 6.20 Å². The molecule has 2 nitrogen and oxygen atoms in total. The van der Waals surface area contributed by atoms with Gasteiger partial charge >= 0.3 is 0 Å². The molecule has 0 amide bonds. The van der Waals surface area contributed by atoms with E-state index in [2.05, 4.69) is 27.6 Å². The molecule has 0 unspecified atom stereocenters. The lowest BCUT2D eigenvalue weighted by molar-refractivity contribution is 0.476. The summed E-state index contributed by atoms with van der Waals surface area (Å²) < 4.78 is 0.991. The maximum Gasteiger partial charge on any atom is 0.135 e. The van der Waals surface area contributed by atoms with Gasteiger partial charge in [-0.3, -0.25) is 0 Å². The van der Waals surface area contributed by atoms with E-state index in [4.69, 9.17) is 11.6 Å². The van der Waals surface area contributed by atoms with Gasteiger partial charge in [-0.1, -0.05) is 11.6 Å². The van der Waals surface area contributed by atoms with Crippen LogP contribution in [-0.2, 0) is 0 Å². The highest BCUT2D eigenvalue weighted by molar-refractivity contribution is 14.1. The van der Waals surface area contributed by atoms with Gasteiger partial charge in [0.25, 0.3) is 0 Å². The molecule has 0 saturated heterocycles. The van der Waals surface area contributed by atoms with Gasteiger partial charge in [0.1, 0.15) is 5.75 Å². The van der Waals surface area contributed by atoms with Crippen molar-refractivity contribution < 1.29 is 5.11 Å². The van der Waals surface area contributed by atoms with Gasteiger partial charge in [-0.15, -0.1) is 0 Å². The Hall–Kier alpha value is -0.420. The highest BCUT2D eigenvalue weighted by Crippen LogP contribution is 2.34. The average Bonchev–Trinajstić information content (AvgIpc) is 2.48. The number of rotatable bonds is 0. The first kappa shape index (κ1) is 8.19. The molecule has 1 heterocycles.